The summed E-state index contributed by atoms with van der Waals surface area (Å²) in [6, 6.07) is -1.14. The molecule has 6 nitrogen and oxygen atoms in total. The molecule has 0 bridgehead atoms. The van der Waals surface area contributed by atoms with Crippen LogP contribution in [0, 0.1) is 0 Å². The Hall–Kier alpha value is -2.99. The Morgan fingerprint density at radius 3 is 1.88 bits per heavy atom. The second-order valence-electron chi connectivity index (χ2n) is 7.52. The fraction of sp³-hybridized carbons (Fsp3) is 0.444. The van der Waals surface area contributed by atoms with Crippen molar-refractivity contribution in [3.8, 4) is 0 Å². The van der Waals surface area contributed by atoms with Gasteiger partial charge in [-0.3, -0.25) is 4.79 Å². The summed E-state index contributed by atoms with van der Waals surface area (Å²) >= 11 is 0. The normalized spacial score (nSPS) is 13.4. The molecule has 0 aromatic rings. The number of carboxylic acids is 1. The number of unbranched alkanes of at least 4 members (excludes halogenated alkanes) is 7. The fourth-order valence-electron chi connectivity index (χ4n) is 2.65. The highest BCUT2D eigenvalue weighted by atomic mass is 16.6. The average molecular weight is 458 g/mol. The molecular weight excluding hydrogens is 418 g/mol. The number of aliphatic carboxylic acids is 1. The SMILES string of the molecule is CCCCCCCCCC=CC=CC=CC=CC=CC=CC(=O)OC(=O)[C@@H](N)CCC(=O)O. The molecule has 6 heteroatoms. The van der Waals surface area contributed by atoms with Crippen LogP contribution in [0.15, 0.2) is 72.9 Å². The van der Waals surface area contributed by atoms with Gasteiger partial charge in [0.1, 0.15) is 6.04 Å². The van der Waals surface area contributed by atoms with Crippen LogP contribution >= 0.6 is 0 Å². The predicted octanol–water partition coefficient (Wildman–Crippen LogP) is 5.73. The van der Waals surface area contributed by atoms with Gasteiger partial charge in [-0.05, 0) is 19.3 Å². The number of esters is 2. The van der Waals surface area contributed by atoms with E-state index >= 15 is 0 Å². The number of carbonyl (C=O) groups excluding carboxylic acids is 2. The van der Waals surface area contributed by atoms with Crippen molar-refractivity contribution in [1.29, 1.82) is 0 Å². The molecule has 0 saturated heterocycles. The van der Waals surface area contributed by atoms with Crippen LogP contribution < -0.4 is 5.73 Å². The highest BCUT2D eigenvalue weighted by Gasteiger charge is 2.18. The zero-order valence-electron chi connectivity index (χ0n) is 19.7. The van der Waals surface area contributed by atoms with E-state index in [1.54, 1.807) is 18.2 Å². The highest BCUT2D eigenvalue weighted by molar-refractivity contribution is 5.94. The minimum atomic E-state index is -1.14. The van der Waals surface area contributed by atoms with Crippen molar-refractivity contribution in [3.05, 3.63) is 72.9 Å². The number of allylic oxidation sites excluding steroid dienone is 11. The van der Waals surface area contributed by atoms with Crippen LogP contribution in [-0.4, -0.2) is 29.1 Å². The second kappa shape index (κ2) is 22.2. The van der Waals surface area contributed by atoms with E-state index in [1.165, 1.54) is 51.0 Å². The molecule has 0 radical (unpaired) electrons. The molecule has 0 aliphatic rings. The molecule has 0 aliphatic carbocycles. The van der Waals surface area contributed by atoms with Gasteiger partial charge in [-0.15, -0.1) is 0 Å². The number of carboxylic acid groups (broad SMARTS) is 1. The molecule has 0 aromatic carbocycles. The maximum absolute atomic E-state index is 11.5. The van der Waals surface area contributed by atoms with Crippen LogP contribution in [0.2, 0.25) is 0 Å². The van der Waals surface area contributed by atoms with Crippen molar-refractivity contribution in [3.63, 3.8) is 0 Å². The quantitative estimate of drug-likeness (QED) is 0.0895. The van der Waals surface area contributed by atoms with Crippen LogP contribution in [0.4, 0.5) is 0 Å². The zero-order valence-corrected chi connectivity index (χ0v) is 19.7. The Labute approximate surface area is 198 Å². The summed E-state index contributed by atoms with van der Waals surface area (Å²) < 4.78 is 4.52. The first-order valence-electron chi connectivity index (χ1n) is 11.7. The van der Waals surface area contributed by atoms with Gasteiger partial charge in [-0.2, -0.15) is 0 Å². The maximum Gasteiger partial charge on any atom is 0.338 e. The van der Waals surface area contributed by atoms with Crippen LogP contribution in [0.25, 0.3) is 0 Å². The van der Waals surface area contributed by atoms with Crippen LogP contribution in [0.5, 0.6) is 0 Å². The number of rotatable bonds is 18. The zero-order chi connectivity index (χ0) is 24.6. The van der Waals surface area contributed by atoms with Gasteiger partial charge in [0.2, 0.25) is 0 Å². The van der Waals surface area contributed by atoms with Crippen molar-refractivity contribution in [2.24, 2.45) is 5.73 Å². The Morgan fingerprint density at radius 1 is 0.788 bits per heavy atom. The molecule has 1 atom stereocenters. The van der Waals surface area contributed by atoms with Gasteiger partial charge in [0.15, 0.2) is 0 Å². The van der Waals surface area contributed by atoms with Crippen LogP contribution in [0.3, 0.4) is 0 Å². The second-order valence-corrected chi connectivity index (χ2v) is 7.52. The lowest BCUT2D eigenvalue weighted by molar-refractivity contribution is -0.157. The first-order valence-corrected chi connectivity index (χ1v) is 11.7. The first kappa shape index (κ1) is 30.0. The van der Waals surface area contributed by atoms with Gasteiger partial charge >= 0.3 is 17.9 Å². The fourth-order valence-corrected chi connectivity index (χ4v) is 2.65. The van der Waals surface area contributed by atoms with E-state index in [9.17, 15) is 14.4 Å². The third-order valence-electron chi connectivity index (χ3n) is 4.52. The summed E-state index contributed by atoms with van der Waals surface area (Å²) in [7, 11) is 0. The molecule has 33 heavy (non-hydrogen) atoms. The molecule has 0 saturated carbocycles. The third-order valence-corrected chi connectivity index (χ3v) is 4.52. The summed E-state index contributed by atoms with van der Waals surface area (Å²) in [4.78, 5) is 33.5. The van der Waals surface area contributed by atoms with E-state index in [4.69, 9.17) is 10.8 Å². The minimum Gasteiger partial charge on any atom is -0.481 e. The molecule has 0 aromatic heterocycles. The topological polar surface area (TPSA) is 107 Å². The molecule has 0 rings (SSSR count). The molecule has 0 heterocycles. The van der Waals surface area contributed by atoms with Gasteiger partial charge < -0.3 is 15.6 Å². The molecule has 0 aliphatic heterocycles. The summed E-state index contributed by atoms with van der Waals surface area (Å²) in [5, 5.41) is 8.54. The van der Waals surface area contributed by atoms with Crippen LogP contribution in [-0.2, 0) is 19.1 Å². The van der Waals surface area contributed by atoms with E-state index in [0.717, 1.165) is 12.5 Å². The largest absolute Gasteiger partial charge is 0.481 e. The molecular formula is C27H39NO5. The van der Waals surface area contributed by atoms with Gasteiger partial charge in [0, 0.05) is 12.5 Å². The molecule has 0 amide bonds. The minimum absolute atomic E-state index is 0.0892. The first-order chi connectivity index (χ1) is 16.0. The predicted molar refractivity (Wildman–Crippen MR) is 133 cm³/mol. The van der Waals surface area contributed by atoms with Crippen molar-refractivity contribution >= 4 is 17.9 Å². The Morgan fingerprint density at radius 2 is 1.30 bits per heavy atom. The smallest absolute Gasteiger partial charge is 0.338 e. The molecule has 0 fully saturated rings. The van der Waals surface area contributed by atoms with Gasteiger partial charge in [0.05, 0.1) is 0 Å². The number of hydrogen-bond acceptors (Lipinski definition) is 5. The van der Waals surface area contributed by atoms with E-state index < -0.39 is 23.9 Å². The van der Waals surface area contributed by atoms with Gasteiger partial charge in [-0.25, -0.2) is 9.59 Å². The van der Waals surface area contributed by atoms with Crippen molar-refractivity contribution in [2.45, 2.75) is 77.2 Å². The molecule has 0 spiro atoms. The number of nitrogens with two attached hydrogens (primary N) is 1. The van der Waals surface area contributed by atoms with Gasteiger partial charge in [0.25, 0.3) is 0 Å². The Bertz CT molecular complexity index is 729. The maximum atomic E-state index is 11.5. The van der Waals surface area contributed by atoms with Gasteiger partial charge in [-0.1, -0.05) is 112 Å². The standard InChI is InChI=1S/C27H39NO5/c1-2-3-4-5-6-7-8-9-10-11-12-13-14-15-16-17-18-19-20-21-26(31)33-27(32)24(28)22-23-25(29)30/h10-21,24H,2-9,22-23,28H2,1H3,(H,29,30)/t24-/m0/s1. The van der Waals surface area contributed by atoms with E-state index in [1.807, 2.05) is 30.4 Å². The lowest BCUT2D eigenvalue weighted by atomic mass is 10.1. The van der Waals surface area contributed by atoms with Crippen molar-refractivity contribution in [1.82, 2.24) is 0 Å². The molecule has 3 N–H and O–H groups in total. The summed E-state index contributed by atoms with van der Waals surface area (Å²) in [6.45, 7) is 2.24. The van der Waals surface area contributed by atoms with E-state index in [2.05, 4.69) is 23.8 Å². The Balaban J connectivity index is 3.91. The number of ether oxygens (including phenoxy) is 1. The van der Waals surface area contributed by atoms with E-state index in [-0.39, 0.29) is 12.8 Å². The average Bonchev–Trinajstić information content (AvgIpc) is 2.78. The van der Waals surface area contributed by atoms with Crippen molar-refractivity contribution < 1.29 is 24.2 Å². The lowest BCUT2D eigenvalue weighted by Crippen LogP contribution is -2.33. The number of hydrogen-bond donors (Lipinski definition) is 2. The lowest BCUT2D eigenvalue weighted by Gasteiger charge is -2.07. The Kier molecular flexibility index (Phi) is 20.2. The molecule has 0 unspecified atom stereocenters. The monoisotopic (exact) mass is 457 g/mol. The van der Waals surface area contributed by atoms with E-state index in [0.29, 0.717) is 0 Å². The molecule has 182 valence electrons. The highest BCUT2D eigenvalue weighted by Crippen LogP contribution is 2.08. The number of carbonyl (C=O) groups is 3. The van der Waals surface area contributed by atoms with Crippen LogP contribution in [0.1, 0.15) is 71.1 Å². The van der Waals surface area contributed by atoms with Crippen molar-refractivity contribution in [2.75, 3.05) is 0 Å². The summed E-state index contributed by atoms with van der Waals surface area (Å²) in [5.74, 6) is -2.87. The third kappa shape index (κ3) is 22.0. The summed E-state index contributed by atoms with van der Waals surface area (Å²) in [5.41, 5.74) is 5.46. The summed E-state index contributed by atoms with van der Waals surface area (Å²) in [6.07, 6.45) is 31.6.